The number of rotatable bonds is 7. The quantitative estimate of drug-likeness (QED) is 0.586. The molecule has 146 valence electrons. The summed E-state index contributed by atoms with van der Waals surface area (Å²) < 4.78 is 20.9. The van der Waals surface area contributed by atoms with Gasteiger partial charge in [0.25, 0.3) is 0 Å². The normalized spacial score (nSPS) is 17.0. The van der Waals surface area contributed by atoms with Crippen LogP contribution in [0.25, 0.3) is 11.0 Å². The molecular formula is C22H24FN3O2. The van der Waals surface area contributed by atoms with Crippen molar-refractivity contribution in [1.29, 1.82) is 0 Å². The van der Waals surface area contributed by atoms with Crippen LogP contribution in [0.1, 0.15) is 30.7 Å². The van der Waals surface area contributed by atoms with E-state index in [1.165, 1.54) is 12.1 Å². The van der Waals surface area contributed by atoms with Gasteiger partial charge < -0.3 is 14.2 Å². The van der Waals surface area contributed by atoms with Gasteiger partial charge >= 0.3 is 0 Å². The summed E-state index contributed by atoms with van der Waals surface area (Å²) in [6, 6.07) is 14.4. The van der Waals surface area contributed by atoms with Gasteiger partial charge in [-0.25, -0.2) is 9.37 Å². The molecule has 0 unspecified atom stereocenters. The predicted molar refractivity (Wildman–Crippen MR) is 105 cm³/mol. The molecule has 0 radical (unpaired) electrons. The summed E-state index contributed by atoms with van der Waals surface area (Å²) >= 11 is 0. The Morgan fingerprint density at radius 3 is 2.75 bits per heavy atom. The monoisotopic (exact) mass is 381 g/mol. The van der Waals surface area contributed by atoms with E-state index in [9.17, 15) is 9.18 Å². The van der Waals surface area contributed by atoms with Crippen molar-refractivity contribution in [3.8, 4) is 0 Å². The van der Waals surface area contributed by atoms with Crippen molar-refractivity contribution in [3.63, 3.8) is 0 Å². The van der Waals surface area contributed by atoms with E-state index in [4.69, 9.17) is 9.72 Å². The minimum atomic E-state index is -0.266. The molecule has 1 saturated heterocycles. The molecule has 1 fully saturated rings. The van der Waals surface area contributed by atoms with Gasteiger partial charge in [0.05, 0.1) is 17.6 Å². The van der Waals surface area contributed by atoms with Crippen LogP contribution in [-0.2, 0) is 22.6 Å². The van der Waals surface area contributed by atoms with E-state index in [1.807, 2.05) is 30.0 Å². The minimum Gasteiger partial charge on any atom is -0.380 e. The second-order valence-electron chi connectivity index (χ2n) is 7.11. The summed E-state index contributed by atoms with van der Waals surface area (Å²) in [6.07, 6.45) is 0.444. The van der Waals surface area contributed by atoms with Gasteiger partial charge in [0.2, 0.25) is 5.91 Å². The molecule has 28 heavy (non-hydrogen) atoms. The van der Waals surface area contributed by atoms with Crippen LogP contribution in [0.15, 0.2) is 48.5 Å². The van der Waals surface area contributed by atoms with Gasteiger partial charge in [0.1, 0.15) is 11.6 Å². The van der Waals surface area contributed by atoms with Crippen LogP contribution in [-0.4, -0.2) is 40.1 Å². The number of fused-ring (bicyclic) bond motifs is 1. The number of imidazole rings is 1. The number of carbonyl (C=O) groups excluding carboxylic acids is 1. The molecule has 0 aliphatic carbocycles. The number of para-hydroxylation sites is 2. The van der Waals surface area contributed by atoms with Crippen LogP contribution >= 0.6 is 0 Å². The standard InChI is InChI=1S/C22H24FN3O2/c1-2-28-12-11-26-20-6-4-3-5-19(20)24-22(26)17-13-21(27)25(15-17)14-16-7-9-18(23)10-8-16/h3-10,17H,2,11-15H2,1H3/t17-/m0/s1. The van der Waals surface area contributed by atoms with Crippen LogP contribution in [0.3, 0.4) is 0 Å². The lowest BCUT2D eigenvalue weighted by Gasteiger charge is -2.17. The smallest absolute Gasteiger partial charge is 0.223 e. The Labute approximate surface area is 163 Å². The number of benzene rings is 2. The number of amides is 1. The van der Waals surface area contributed by atoms with Gasteiger partial charge in [-0.3, -0.25) is 4.79 Å². The molecule has 0 N–H and O–H groups in total. The summed E-state index contributed by atoms with van der Waals surface area (Å²) in [5, 5.41) is 0. The van der Waals surface area contributed by atoms with Crippen LogP contribution in [0.4, 0.5) is 4.39 Å². The van der Waals surface area contributed by atoms with Crippen molar-refractivity contribution in [2.45, 2.75) is 32.4 Å². The number of carbonyl (C=O) groups is 1. The number of halogens is 1. The van der Waals surface area contributed by atoms with E-state index in [2.05, 4.69) is 10.6 Å². The van der Waals surface area contributed by atoms with Crippen molar-refractivity contribution in [2.75, 3.05) is 19.8 Å². The maximum Gasteiger partial charge on any atom is 0.223 e. The Kier molecular flexibility index (Phi) is 5.39. The number of ether oxygens (including phenoxy) is 1. The Morgan fingerprint density at radius 1 is 1.18 bits per heavy atom. The molecule has 1 aliphatic heterocycles. The molecule has 4 rings (SSSR count). The summed E-state index contributed by atoms with van der Waals surface area (Å²) in [7, 11) is 0. The zero-order valence-corrected chi connectivity index (χ0v) is 16.0. The van der Waals surface area contributed by atoms with Crippen LogP contribution in [0.5, 0.6) is 0 Å². The fourth-order valence-corrected chi connectivity index (χ4v) is 3.85. The first-order valence-electron chi connectivity index (χ1n) is 9.71. The third-order valence-corrected chi connectivity index (χ3v) is 5.21. The summed E-state index contributed by atoms with van der Waals surface area (Å²) in [5.41, 5.74) is 2.94. The van der Waals surface area contributed by atoms with Gasteiger partial charge in [-0.05, 0) is 36.8 Å². The first-order valence-corrected chi connectivity index (χ1v) is 9.71. The lowest BCUT2D eigenvalue weighted by Crippen LogP contribution is -2.24. The molecule has 3 aromatic rings. The summed E-state index contributed by atoms with van der Waals surface area (Å²) in [6.45, 7) is 5.10. The van der Waals surface area contributed by atoms with Gasteiger partial charge in [-0.15, -0.1) is 0 Å². The molecule has 2 aromatic carbocycles. The highest BCUT2D eigenvalue weighted by Gasteiger charge is 2.33. The maximum atomic E-state index is 13.1. The molecule has 1 aromatic heterocycles. The van der Waals surface area contributed by atoms with E-state index in [-0.39, 0.29) is 17.6 Å². The Bertz CT molecular complexity index is 968. The molecule has 5 nitrogen and oxygen atoms in total. The lowest BCUT2D eigenvalue weighted by molar-refractivity contribution is -0.128. The third-order valence-electron chi connectivity index (χ3n) is 5.21. The van der Waals surface area contributed by atoms with Crippen LogP contribution in [0.2, 0.25) is 0 Å². The summed E-state index contributed by atoms with van der Waals surface area (Å²) in [5.74, 6) is 0.827. The molecule has 1 amide bonds. The Balaban J connectivity index is 1.56. The first kappa shape index (κ1) is 18.6. The number of likely N-dealkylation sites (tertiary alicyclic amines) is 1. The maximum absolute atomic E-state index is 13.1. The highest BCUT2D eigenvalue weighted by atomic mass is 19.1. The third kappa shape index (κ3) is 3.78. The van der Waals surface area contributed by atoms with Crippen LogP contribution < -0.4 is 0 Å². The highest BCUT2D eigenvalue weighted by molar-refractivity contribution is 5.81. The molecule has 0 saturated carbocycles. The van der Waals surface area contributed by atoms with Crippen molar-refractivity contribution in [3.05, 3.63) is 65.7 Å². The van der Waals surface area contributed by atoms with E-state index < -0.39 is 0 Å². The second kappa shape index (κ2) is 8.10. The molecule has 2 heterocycles. The van der Waals surface area contributed by atoms with Gasteiger partial charge in [0.15, 0.2) is 0 Å². The Morgan fingerprint density at radius 2 is 1.96 bits per heavy atom. The number of nitrogens with zero attached hydrogens (tertiary/aromatic N) is 3. The zero-order valence-electron chi connectivity index (χ0n) is 16.0. The number of hydrogen-bond acceptors (Lipinski definition) is 3. The van der Waals surface area contributed by atoms with Crippen molar-refractivity contribution in [2.24, 2.45) is 0 Å². The molecular weight excluding hydrogens is 357 g/mol. The molecule has 0 bridgehead atoms. The van der Waals surface area contributed by atoms with Crippen LogP contribution in [0, 0.1) is 5.82 Å². The average Bonchev–Trinajstić information content (AvgIpc) is 3.25. The number of aromatic nitrogens is 2. The zero-order chi connectivity index (χ0) is 19.5. The van der Waals surface area contributed by atoms with E-state index in [0.29, 0.717) is 39.3 Å². The van der Waals surface area contributed by atoms with Crippen molar-refractivity contribution >= 4 is 16.9 Å². The van der Waals surface area contributed by atoms with Crippen molar-refractivity contribution < 1.29 is 13.9 Å². The average molecular weight is 381 g/mol. The predicted octanol–water partition coefficient (Wildman–Crippen LogP) is 3.73. The van der Waals surface area contributed by atoms with E-state index >= 15 is 0 Å². The van der Waals surface area contributed by atoms with E-state index in [0.717, 1.165) is 22.4 Å². The summed E-state index contributed by atoms with van der Waals surface area (Å²) in [4.78, 5) is 19.3. The minimum absolute atomic E-state index is 0.0435. The number of hydrogen-bond donors (Lipinski definition) is 0. The van der Waals surface area contributed by atoms with E-state index in [1.54, 1.807) is 12.1 Å². The fraction of sp³-hybridized carbons (Fsp3) is 0.364. The molecule has 6 heteroatoms. The Hall–Kier alpha value is -2.73. The van der Waals surface area contributed by atoms with Crippen molar-refractivity contribution in [1.82, 2.24) is 14.5 Å². The SMILES string of the molecule is CCOCCn1c([C@H]2CC(=O)N(Cc3ccc(F)cc3)C2)nc2ccccc21. The molecule has 0 spiro atoms. The van der Waals surface area contributed by atoms with Gasteiger partial charge in [-0.1, -0.05) is 24.3 Å². The highest BCUT2D eigenvalue weighted by Crippen LogP contribution is 2.31. The van der Waals surface area contributed by atoms with Gasteiger partial charge in [0, 0.05) is 38.6 Å². The topological polar surface area (TPSA) is 47.4 Å². The molecule has 1 aliphatic rings. The second-order valence-corrected chi connectivity index (χ2v) is 7.11. The first-order chi connectivity index (χ1) is 13.7. The largest absolute Gasteiger partial charge is 0.380 e. The van der Waals surface area contributed by atoms with Gasteiger partial charge in [-0.2, -0.15) is 0 Å². The lowest BCUT2D eigenvalue weighted by atomic mass is 10.1. The molecule has 1 atom stereocenters. The fourth-order valence-electron chi connectivity index (χ4n) is 3.85.